The summed E-state index contributed by atoms with van der Waals surface area (Å²) < 4.78 is 2.49. The van der Waals surface area contributed by atoms with Gasteiger partial charge in [-0.25, -0.2) is 0 Å². The van der Waals surface area contributed by atoms with Crippen molar-refractivity contribution in [1.29, 1.82) is 0 Å². The fourth-order valence-electron chi connectivity index (χ4n) is 10.9. The van der Waals surface area contributed by atoms with Crippen LogP contribution in [0.1, 0.15) is 44.7 Å². The lowest BCUT2D eigenvalue weighted by Gasteiger charge is -2.39. The van der Waals surface area contributed by atoms with Crippen LogP contribution in [-0.2, 0) is 0 Å². The van der Waals surface area contributed by atoms with E-state index in [0.29, 0.717) is 5.92 Å². The standard InChI is InChI=1S/C61H51N/c1-7-22-48-45(12-6)59(52-28-19-16-25-49(52)57(48)39(8-2)9-3)43-33-35-47-55-36-31-41-37-42(32-34-46(41)61(55)62(56(47)38-43)44-23-14-13-15-24-44)60-53-29-20-17-26-50(53)58(40(10-4)11-5)51-27-18-21-30-54(51)60/h7-15,17-24,26-38,49,57H,2,4,6,16,25H2,1,3,5H3/b22-7-,39-9+,40-11+. The third-order valence-corrected chi connectivity index (χ3v) is 13.5. The van der Waals surface area contributed by atoms with E-state index >= 15 is 0 Å². The molecule has 1 aromatic heterocycles. The van der Waals surface area contributed by atoms with Gasteiger partial charge in [0.25, 0.3) is 0 Å². The SMILES string of the molecule is C=CC1=C(/C=C\C)C(/C(C=C)=C/C)C2CCC=CC2=C1c1ccc2c3ccc4cc(-c5c6ccccc6c(/C(C=C)=C/C)c6ccccc56)ccc4c3n(-c3ccccc3)c2c1. The second kappa shape index (κ2) is 16.0. The van der Waals surface area contributed by atoms with Crippen LogP contribution in [0, 0.1) is 11.8 Å². The lowest BCUT2D eigenvalue weighted by molar-refractivity contribution is 0.460. The average Bonchev–Trinajstić information content (AvgIpc) is 3.66. The van der Waals surface area contributed by atoms with Crippen molar-refractivity contribution in [3.63, 3.8) is 0 Å². The normalized spacial score (nSPS) is 17.3. The van der Waals surface area contributed by atoms with E-state index in [9.17, 15) is 0 Å². The molecule has 7 aromatic carbocycles. The van der Waals surface area contributed by atoms with E-state index < -0.39 is 0 Å². The number of allylic oxidation sites excluding steroid dienone is 15. The minimum absolute atomic E-state index is 0.230. The second-order valence-corrected chi connectivity index (χ2v) is 16.6. The molecule has 0 amide bonds. The maximum absolute atomic E-state index is 4.45. The Bertz CT molecular complexity index is 3310. The first-order valence-electron chi connectivity index (χ1n) is 22.0. The van der Waals surface area contributed by atoms with Gasteiger partial charge in [-0.1, -0.05) is 178 Å². The van der Waals surface area contributed by atoms with Gasteiger partial charge in [0.1, 0.15) is 0 Å². The Morgan fingerprint density at radius 1 is 0.645 bits per heavy atom. The zero-order chi connectivity index (χ0) is 42.5. The van der Waals surface area contributed by atoms with Gasteiger partial charge in [-0.3, -0.25) is 0 Å². The smallest absolute Gasteiger partial charge is 0.0619 e. The molecule has 2 aliphatic rings. The van der Waals surface area contributed by atoms with Gasteiger partial charge in [0, 0.05) is 27.8 Å². The average molecular weight is 798 g/mol. The van der Waals surface area contributed by atoms with E-state index in [1.165, 1.54) is 104 Å². The van der Waals surface area contributed by atoms with E-state index in [-0.39, 0.29) is 5.92 Å². The molecule has 8 aromatic rings. The molecule has 62 heavy (non-hydrogen) atoms. The number of benzene rings is 7. The van der Waals surface area contributed by atoms with Crippen LogP contribution in [0.25, 0.3) is 82.1 Å². The summed E-state index contributed by atoms with van der Waals surface area (Å²) in [6.07, 6.45) is 21.9. The molecule has 2 atom stereocenters. The Balaban J connectivity index is 1.24. The molecular formula is C61H51N. The van der Waals surface area contributed by atoms with Crippen molar-refractivity contribution in [2.45, 2.75) is 33.6 Å². The van der Waals surface area contributed by atoms with Crippen molar-refractivity contribution in [1.82, 2.24) is 4.57 Å². The third-order valence-electron chi connectivity index (χ3n) is 13.5. The molecule has 0 radical (unpaired) electrons. The highest BCUT2D eigenvalue weighted by atomic mass is 15.0. The Morgan fingerprint density at radius 3 is 1.98 bits per heavy atom. The Hall–Kier alpha value is -7.22. The highest BCUT2D eigenvalue weighted by Crippen LogP contribution is 2.52. The molecule has 1 nitrogen and oxygen atoms in total. The molecule has 0 fully saturated rings. The molecule has 2 aliphatic carbocycles. The summed E-state index contributed by atoms with van der Waals surface area (Å²) in [7, 11) is 0. The number of aromatic nitrogens is 1. The van der Waals surface area contributed by atoms with Crippen LogP contribution < -0.4 is 0 Å². The molecule has 0 N–H and O–H groups in total. The quantitative estimate of drug-likeness (QED) is 0.101. The zero-order valence-corrected chi connectivity index (χ0v) is 36.0. The molecule has 10 rings (SSSR count). The van der Waals surface area contributed by atoms with Crippen molar-refractivity contribution < 1.29 is 0 Å². The van der Waals surface area contributed by atoms with Crippen molar-refractivity contribution in [2.75, 3.05) is 0 Å². The van der Waals surface area contributed by atoms with Crippen molar-refractivity contribution >= 4 is 65.3 Å². The van der Waals surface area contributed by atoms with Gasteiger partial charge < -0.3 is 4.57 Å². The predicted octanol–water partition coefficient (Wildman–Crippen LogP) is 17.0. The van der Waals surface area contributed by atoms with Crippen LogP contribution in [-0.4, -0.2) is 4.57 Å². The molecule has 0 aliphatic heterocycles. The van der Waals surface area contributed by atoms with Crippen LogP contribution in [0.4, 0.5) is 0 Å². The monoisotopic (exact) mass is 797 g/mol. The molecule has 0 bridgehead atoms. The summed E-state index contributed by atoms with van der Waals surface area (Å²) in [6.45, 7) is 19.3. The Labute approximate surface area is 365 Å². The van der Waals surface area contributed by atoms with Crippen molar-refractivity contribution in [3.05, 3.63) is 235 Å². The lowest BCUT2D eigenvalue weighted by atomic mass is 9.64. The first-order chi connectivity index (χ1) is 30.5. The number of hydrogen-bond acceptors (Lipinski definition) is 0. The highest BCUT2D eigenvalue weighted by molar-refractivity contribution is 6.22. The van der Waals surface area contributed by atoms with Crippen molar-refractivity contribution in [3.8, 4) is 16.8 Å². The number of fused-ring (bicyclic) bond motifs is 8. The summed E-state index contributed by atoms with van der Waals surface area (Å²) in [5, 5.41) is 9.87. The first-order valence-corrected chi connectivity index (χ1v) is 22.0. The Kier molecular flexibility index (Phi) is 10.0. The molecule has 0 spiro atoms. The lowest BCUT2D eigenvalue weighted by Crippen LogP contribution is -2.27. The van der Waals surface area contributed by atoms with Crippen LogP contribution in [0.15, 0.2) is 224 Å². The van der Waals surface area contributed by atoms with Gasteiger partial charge in [-0.2, -0.15) is 0 Å². The van der Waals surface area contributed by atoms with E-state index in [1.807, 2.05) is 6.08 Å². The molecule has 1 heterocycles. The van der Waals surface area contributed by atoms with E-state index in [2.05, 4.69) is 221 Å². The van der Waals surface area contributed by atoms with Crippen LogP contribution >= 0.6 is 0 Å². The minimum Gasteiger partial charge on any atom is -0.309 e. The van der Waals surface area contributed by atoms with Crippen LogP contribution in [0.5, 0.6) is 0 Å². The van der Waals surface area contributed by atoms with E-state index in [0.717, 1.165) is 24.1 Å². The fraction of sp³-hybridized carbons (Fsp3) is 0.115. The van der Waals surface area contributed by atoms with Gasteiger partial charge in [0.05, 0.1) is 11.0 Å². The maximum atomic E-state index is 4.45. The first kappa shape index (κ1) is 38.9. The van der Waals surface area contributed by atoms with E-state index in [4.69, 9.17) is 0 Å². The topological polar surface area (TPSA) is 4.93 Å². The molecule has 300 valence electrons. The highest BCUT2D eigenvalue weighted by Gasteiger charge is 2.37. The number of hydrogen-bond donors (Lipinski definition) is 0. The third kappa shape index (κ3) is 5.98. The van der Waals surface area contributed by atoms with Crippen LogP contribution in [0.2, 0.25) is 0 Å². The fourth-order valence-corrected chi connectivity index (χ4v) is 10.9. The van der Waals surface area contributed by atoms with Gasteiger partial charge in [-0.15, -0.1) is 0 Å². The molecular weight excluding hydrogens is 747 g/mol. The summed E-state index contributed by atoms with van der Waals surface area (Å²) in [5.74, 6) is 0.577. The summed E-state index contributed by atoms with van der Waals surface area (Å²) in [6, 6.07) is 47.5. The van der Waals surface area contributed by atoms with Gasteiger partial charge >= 0.3 is 0 Å². The van der Waals surface area contributed by atoms with Crippen molar-refractivity contribution in [2.24, 2.45) is 11.8 Å². The van der Waals surface area contributed by atoms with Gasteiger partial charge in [0.15, 0.2) is 0 Å². The molecule has 0 saturated carbocycles. The molecule has 0 saturated heterocycles. The van der Waals surface area contributed by atoms with E-state index in [1.54, 1.807) is 0 Å². The largest absolute Gasteiger partial charge is 0.309 e. The number of nitrogens with zero attached hydrogens (tertiary/aromatic N) is 1. The number of rotatable bonds is 9. The molecule has 1 heteroatoms. The maximum Gasteiger partial charge on any atom is 0.0619 e. The summed E-state index contributed by atoms with van der Waals surface area (Å²) >= 11 is 0. The van der Waals surface area contributed by atoms with Crippen LogP contribution in [0.3, 0.4) is 0 Å². The van der Waals surface area contributed by atoms with Gasteiger partial charge in [-0.05, 0) is 146 Å². The number of para-hydroxylation sites is 1. The summed E-state index contributed by atoms with van der Waals surface area (Å²) in [5.41, 5.74) is 16.1. The predicted molar refractivity (Wildman–Crippen MR) is 271 cm³/mol. The van der Waals surface area contributed by atoms with Gasteiger partial charge in [0.2, 0.25) is 0 Å². The zero-order valence-electron chi connectivity index (χ0n) is 36.0. The second-order valence-electron chi connectivity index (χ2n) is 16.6. The molecule has 2 unspecified atom stereocenters. The summed E-state index contributed by atoms with van der Waals surface area (Å²) in [4.78, 5) is 0. The minimum atomic E-state index is 0.230. The Morgan fingerprint density at radius 2 is 1.32 bits per heavy atom.